The summed E-state index contributed by atoms with van der Waals surface area (Å²) in [6.07, 6.45) is 12.3. The zero-order valence-corrected chi connectivity index (χ0v) is 24.2. The van der Waals surface area contributed by atoms with E-state index in [1.807, 2.05) is 30.3 Å². The minimum Gasteiger partial charge on any atom is -0.469 e. The maximum Gasteiger partial charge on any atom is 0.305 e. The van der Waals surface area contributed by atoms with Gasteiger partial charge in [0.15, 0.2) is 0 Å². The predicted molar refractivity (Wildman–Crippen MR) is 165 cm³/mol. The average molecular weight is 551 g/mol. The number of aliphatic hydroxyl groups is 1. The number of carbonyl (C=O) groups excluding carboxylic acids is 1. The Bertz CT molecular complexity index is 1310. The highest BCUT2D eigenvalue weighted by atomic mass is 16.5. The lowest BCUT2D eigenvalue weighted by Crippen LogP contribution is -2.39. The van der Waals surface area contributed by atoms with Gasteiger partial charge in [0.1, 0.15) is 0 Å². The van der Waals surface area contributed by atoms with Crippen molar-refractivity contribution in [1.29, 1.82) is 0 Å². The highest BCUT2D eigenvalue weighted by Crippen LogP contribution is 2.57. The van der Waals surface area contributed by atoms with Crippen LogP contribution in [0.25, 0.3) is 11.1 Å². The molecule has 3 aromatic carbocycles. The molecule has 1 heterocycles. The van der Waals surface area contributed by atoms with E-state index in [2.05, 4.69) is 85.8 Å². The first-order valence-corrected chi connectivity index (χ1v) is 14.9. The monoisotopic (exact) mass is 550 g/mol. The Kier molecular flexibility index (Phi) is 9.53. The summed E-state index contributed by atoms with van der Waals surface area (Å²) < 4.78 is 11.2. The SMILES string of the molecule is COC(=O)CCC/C=C\C[C@H]1[C@H](/C=C/[C@@H](O)C(C)c2ccccc2)[C@@H]2C[C@@]1(c1ccc(-c3ccccc3)cc1)CO2. The van der Waals surface area contributed by atoms with Crippen molar-refractivity contribution >= 4 is 5.97 Å². The molecule has 2 aliphatic rings. The van der Waals surface area contributed by atoms with Crippen LogP contribution in [0.2, 0.25) is 0 Å². The topological polar surface area (TPSA) is 55.8 Å². The molecule has 2 bridgehead atoms. The normalized spacial score (nSPS) is 25.1. The molecule has 0 amide bonds. The zero-order valence-electron chi connectivity index (χ0n) is 24.2. The molecule has 1 aliphatic heterocycles. The lowest BCUT2D eigenvalue weighted by atomic mass is 9.69. The predicted octanol–water partition coefficient (Wildman–Crippen LogP) is 7.64. The van der Waals surface area contributed by atoms with Crippen LogP contribution in [0.1, 0.15) is 56.1 Å². The Labute approximate surface area is 244 Å². The molecule has 0 radical (unpaired) electrons. The summed E-state index contributed by atoms with van der Waals surface area (Å²) in [5.41, 5.74) is 4.84. The summed E-state index contributed by atoms with van der Waals surface area (Å²) in [5.74, 6) is 0.431. The van der Waals surface area contributed by atoms with Gasteiger partial charge < -0.3 is 14.6 Å². The van der Waals surface area contributed by atoms with E-state index in [4.69, 9.17) is 9.47 Å². The molecular formula is C37H42O4. The number of hydrogen-bond acceptors (Lipinski definition) is 4. The van der Waals surface area contributed by atoms with Crippen LogP contribution in [0.4, 0.5) is 0 Å². The number of hydrogen-bond donors (Lipinski definition) is 1. The molecule has 1 saturated carbocycles. The number of fused-ring (bicyclic) bond motifs is 2. The zero-order chi connectivity index (χ0) is 28.7. The highest BCUT2D eigenvalue weighted by Gasteiger charge is 2.58. The quantitative estimate of drug-likeness (QED) is 0.143. The van der Waals surface area contributed by atoms with Crippen LogP contribution in [-0.4, -0.2) is 37.0 Å². The van der Waals surface area contributed by atoms with Crippen LogP contribution in [0.15, 0.2) is 109 Å². The van der Waals surface area contributed by atoms with E-state index in [1.54, 1.807) is 0 Å². The van der Waals surface area contributed by atoms with Crippen LogP contribution >= 0.6 is 0 Å². The molecule has 6 atom stereocenters. The summed E-state index contributed by atoms with van der Waals surface area (Å²) in [5, 5.41) is 11.1. The third kappa shape index (κ3) is 6.55. The van der Waals surface area contributed by atoms with Crippen molar-refractivity contribution in [2.24, 2.45) is 11.8 Å². The fourth-order valence-electron chi connectivity index (χ4n) is 6.74. The molecule has 3 aromatic rings. The third-order valence-corrected chi connectivity index (χ3v) is 9.20. The van der Waals surface area contributed by atoms with Crippen molar-refractivity contribution in [2.45, 2.75) is 62.6 Å². The fourth-order valence-corrected chi connectivity index (χ4v) is 6.74. The molecule has 1 unspecified atom stereocenters. The Morgan fingerprint density at radius 2 is 1.68 bits per heavy atom. The van der Waals surface area contributed by atoms with Gasteiger partial charge in [0, 0.05) is 23.7 Å². The van der Waals surface area contributed by atoms with Gasteiger partial charge >= 0.3 is 5.97 Å². The smallest absolute Gasteiger partial charge is 0.305 e. The summed E-state index contributed by atoms with van der Waals surface area (Å²) in [6.45, 7) is 2.79. The molecule has 41 heavy (non-hydrogen) atoms. The molecule has 2 fully saturated rings. The van der Waals surface area contributed by atoms with Gasteiger partial charge in [-0.05, 0) is 53.9 Å². The van der Waals surface area contributed by atoms with Crippen LogP contribution in [0, 0.1) is 11.8 Å². The van der Waals surface area contributed by atoms with Crippen molar-refractivity contribution < 1.29 is 19.4 Å². The van der Waals surface area contributed by atoms with Gasteiger partial charge in [0.25, 0.3) is 0 Å². The number of aliphatic hydroxyl groups excluding tert-OH is 1. The number of esters is 1. The lowest BCUT2D eigenvalue weighted by molar-refractivity contribution is -0.140. The molecule has 1 N–H and O–H groups in total. The minimum atomic E-state index is -0.563. The van der Waals surface area contributed by atoms with Crippen molar-refractivity contribution in [3.8, 4) is 11.1 Å². The van der Waals surface area contributed by atoms with Gasteiger partial charge in [-0.1, -0.05) is 116 Å². The Morgan fingerprint density at radius 3 is 2.39 bits per heavy atom. The van der Waals surface area contributed by atoms with Gasteiger partial charge in [-0.3, -0.25) is 4.79 Å². The second-order valence-electron chi connectivity index (χ2n) is 11.6. The van der Waals surface area contributed by atoms with E-state index < -0.39 is 6.10 Å². The minimum absolute atomic E-state index is 0.0135. The van der Waals surface area contributed by atoms with Crippen LogP contribution in [0.3, 0.4) is 0 Å². The molecule has 4 heteroatoms. The largest absolute Gasteiger partial charge is 0.469 e. The molecule has 4 nitrogen and oxygen atoms in total. The van der Waals surface area contributed by atoms with Crippen molar-refractivity contribution in [3.05, 3.63) is 120 Å². The lowest BCUT2D eigenvalue weighted by Gasteiger charge is -2.38. The Morgan fingerprint density at radius 1 is 1.00 bits per heavy atom. The Balaban J connectivity index is 1.36. The second-order valence-corrected chi connectivity index (χ2v) is 11.6. The van der Waals surface area contributed by atoms with Gasteiger partial charge in [-0.2, -0.15) is 0 Å². The van der Waals surface area contributed by atoms with Gasteiger partial charge in [0.05, 0.1) is 25.9 Å². The first-order valence-electron chi connectivity index (χ1n) is 14.9. The number of ether oxygens (including phenoxy) is 2. The maximum atomic E-state index is 11.5. The fraction of sp³-hybridized carbons (Fsp3) is 0.378. The van der Waals surface area contributed by atoms with Crippen LogP contribution in [0.5, 0.6) is 0 Å². The van der Waals surface area contributed by atoms with E-state index in [1.165, 1.54) is 23.8 Å². The summed E-state index contributed by atoms with van der Waals surface area (Å²) >= 11 is 0. The van der Waals surface area contributed by atoms with E-state index in [0.717, 1.165) is 37.9 Å². The number of unbranched alkanes of at least 4 members (excludes halogenated alkanes) is 1. The molecule has 1 aliphatic carbocycles. The van der Waals surface area contributed by atoms with Gasteiger partial charge in [-0.25, -0.2) is 0 Å². The summed E-state index contributed by atoms with van der Waals surface area (Å²) in [4.78, 5) is 11.5. The maximum absolute atomic E-state index is 11.5. The number of carbonyl (C=O) groups is 1. The van der Waals surface area contributed by atoms with Gasteiger partial charge in [0.2, 0.25) is 0 Å². The van der Waals surface area contributed by atoms with E-state index in [-0.39, 0.29) is 29.3 Å². The molecule has 1 saturated heterocycles. The number of methoxy groups -OCH3 is 1. The average Bonchev–Trinajstić information content (AvgIpc) is 3.60. The van der Waals surface area contributed by atoms with E-state index in [9.17, 15) is 9.90 Å². The molecule has 0 aromatic heterocycles. The highest BCUT2D eigenvalue weighted by molar-refractivity contribution is 5.69. The van der Waals surface area contributed by atoms with E-state index in [0.29, 0.717) is 12.3 Å². The number of rotatable bonds is 12. The second kappa shape index (κ2) is 13.5. The van der Waals surface area contributed by atoms with Crippen molar-refractivity contribution in [3.63, 3.8) is 0 Å². The third-order valence-electron chi connectivity index (χ3n) is 9.20. The molecule has 5 rings (SSSR count). The van der Waals surface area contributed by atoms with E-state index >= 15 is 0 Å². The molecule has 214 valence electrons. The van der Waals surface area contributed by atoms with Crippen molar-refractivity contribution in [1.82, 2.24) is 0 Å². The standard InChI is InChI=1S/C37H42O4/c1-27(28-13-7-5-8-14-28)34(38)24-23-32-33(17-11-3-4-12-18-36(39)40-2)37(25-35(32)41-26-37)31-21-19-30(20-22-31)29-15-9-6-10-16-29/h3,5-11,13-16,19-24,27,32-35,38H,4,12,17-18,25-26H2,1-2H3/b11-3-,24-23+/t27?,32-,33-,34+,35-,37-/m0/s1. The number of allylic oxidation sites excluding steroid dienone is 2. The molecule has 0 spiro atoms. The van der Waals surface area contributed by atoms with Crippen LogP contribution in [-0.2, 0) is 19.7 Å². The first-order chi connectivity index (χ1) is 20.0. The van der Waals surface area contributed by atoms with Crippen LogP contribution < -0.4 is 0 Å². The summed E-state index contributed by atoms with van der Waals surface area (Å²) in [7, 11) is 1.44. The summed E-state index contributed by atoms with van der Waals surface area (Å²) in [6, 6.07) is 29.7. The molecular weight excluding hydrogens is 508 g/mol. The van der Waals surface area contributed by atoms with Gasteiger partial charge in [-0.15, -0.1) is 0 Å². The Hall–Kier alpha value is -3.47. The number of benzene rings is 3. The first kappa shape index (κ1) is 29.0. The van der Waals surface area contributed by atoms with Crippen molar-refractivity contribution in [2.75, 3.05) is 13.7 Å².